The molecule has 2 heterocycles. The largest absolute Gasteiger partial charge is 0.444 e. The Kier molecular flexibility index (Phi) is 6.34. The van der Waals surface area contributed by atoms with Crippen molar-refractivity contribution in [2.24, 2.45) is 10.9 Å². The molecule has 1 aromatic rings. The Morgan fingerprint density at radius 1 is 1.47 bits per heavy atom. The summed E-state index contributed by atoms with van der Waals surface area (Å²) in [6, 6.07) is 3.32. The van der Waals surface area contributed by atoms with Crippen molar-refractivity contribution in [3.63, 3.8) is 0 Å². The number of fused-ring (bicyclic) bond motifs is 1. The van der Waals surface area contributed by atoms with Gasteiger partial charge in [0.2, 0.25) is 0 Å². The Bertz CT molecular complexity index is 874. The molecular weight excluding hydrogens is 417 g/mol. The molecule has 1 aromatic carbocycles. The van der Waals surface area contributed by atoms with Crippen molar-refractivity contribution in [2.75, 3.05) is 26.1 Å². The third-order valence-corrected chi connectivity index (χ3v) is 5.90. The van der Waals surface area contributed by atoms with Gasteiger partial charge < -0.3 is 14.2 Å². The van der Waals surface area contributed by atoms with E-state index < -0.39 is 34.1 Å². The normalized spacial score (nSPS) is 26.4. The van der Waals surface area contributed by atoms with Crippen molar-refractivity contribution in [3.05, 3.63) is 39.7 Å². The van der Waals surface area contributed by atoms with Gasteiger partial charge in [-0.1, -0.05) is 11.8 Å². The maximum atomic E-state index is 14.9. The van der Waals surface area contributed by atoms with Crippen molar-refractivity contribution in [1.82, 2.24) is 5.32 Å². The molecule has 0 spiro atoms. The van der Waals surface area contributed by atoms with E-state index in [2.05, 4.69) is 10.3 Å². The van der Waals surface area contributed by atoms with Crippen molar-refractivity contribution in [2.45, 2.75) is 38.0 Å². The number of benzene rings is 1. The number of amides is 1. The van der Waals surface area contributed by atoms with Crippen LogP contribution in [0, 0.1) is 21.8 Å². The molecule has 0 radical (unpaired) electrons. The monoisotopic (exact) mass is 441 g/mol. The van der Waals surface area contributed by atoms with Crippen LogP contribution in [0.15, 0.2) is 23.2 Å². The third kappa shape index (κ3) is 4.57. The summed E-state index contributed by atoms with van der Waals surface area (Å²) in [6.07, 6.45) is -1.08. The Morgan fingerprint density at radius 2 is 2.20 bits per heavy atom. The average Bonchev–Trinajstić information content (AvgIpc) is 2.65. The number of halogens is 1. The van der Waals surface area contributed by atoms with E-state index in [4.69, 9.17) is 14.2 Å². The lowest BCUT2D eigenvalue weighted by molar-refractivity contribution is -0.385. The number of hydrogen-bond acceptors (Lipinski definition) is 8. The molecule has 0 aliphatic carbocycles. The van der Waals surface area contributed by atoms with E-state index >= 15 is 0 Å². The van der Waals surface area contributed by atoms with Crippen LogP contribution < -0.4 is 5.32 Å². The number of nitro benzene ring substituents is 1. The summed E-state index contributed by atoms with van der Waals surface area (Å²) in [5.41, 5.74) is -2.21. The molecule has 2 aliphatic heterocycles. The molecule has 0 saturated carbocycles. The first kappa shape index (κ1) is 22.4. The molecule has 1 saturated heterocycles. The maximum Gasteiger partial charge on any atom is 0.413 e. The van der Waals surface area contributed by atoms with Crippen LogP contribution in [0.1, 0.15) is 26.3 Å². The van der Waals surface area contributed by atoms with Gasteiger partial charge in [0.25, 0.3) is 5.69 Å². The molecule has 30 heavy (non-hydrogen) atoms. The molecule has 3 rings (SSSR count). The van der Waals surface area contributed by atoms with E-state index in [1.54, 1.807) is 20.8 Å². The van der Waals surface area contributed by atoms with Gasteiger partial charge in [-0.05, 0) is 26.8 Å². The molecular formula is C19H24FN3O6S. The zero-order valence-corrected chi connectivity index (χ0v) is 18.0. The molecule has 0 unspecified atom stereocenters. The molecule has 1 N–H and O–H groups in total. The molecule has 11 heteroatoms. The van der Waals surface area contributed by atoms with E-state index in [0.29, 0.717) is 12.4 Å². The smallest absolute Gasteiger partial charge is 0.413 e. The SMILES string of the molecule is CO[C@H]1COC[C@]2(c3cc([N+](=O)[O-])ccc3F)N=C(NC(=O)OC(C)(C)C)SC[C@H]12. The molecule has 0 aromatic heterocycles. The lowest BCUT2D eigenvalue weighted by Crippen LogP contribution is -2.55. The zero-order chi connectivity index (χ0) is 22.1. The van der Waals surface area contributed by atoms with Crippen LogP contribution in [0.3, 0.4) is 0 Å². The van der Waals surface area contributed by atoms with E-state index in [9.17, 15) is 19.3 Å². The standard InChI is InChI=1S/C19H24FN3O6S/c1-18(2,3)29-17(24)21-16-22-19(10-28-8-15(27-4)13(19)9-30-16)12-7-11(23(25)26)5-6-14(12)20/h5-7,13,15H,8-10H2,1-4H3,(H,21,22,24)/t13-,15+,19-/m1/s1. The second-order valence-electron chi connectivity index (χ2n) is 8.10. The molecule has 1 amide bonds. The van der Waals surface area contributed by atoms with Gasteiger partial charge in [0.15, 0.2) is 5.17 Å². The fourth-order valence-electron chi connectivity index (χ4n) is 3.59. The Labute approximate surface area is 177 Å². The van der Waals surface area contributed by atoms with E-state index in [0.717, 1.165) is 12.1 Å². The van der Waals surface area contributed by atoms with E-state index in [1.165, 1.54) is 24.9 Å². The summed E-state index contributed by atoms with van der Waals surface area (Å²) in [6.45, 7) is 5.49. The average molecular weight is 441 g/mol. The zero-order valence-electron chi connectivity index (χ0n) is 17.1. The Hall–Kier alpha value is -2.24. The number of alkyl carbamates (subject to hydrolysis) is 1. The topological polar surface area (TPSA) is 112 Å². The number of non-ortho nitro benzene ring substituents is 1. The number of nitrogens with zero attached hydrogens (tertiary/aromatic N) is 2. The Morgan fingerprint density at radius 3 is 2.83 bits per heavy atom. The summed E-state index contributed by atoms with van der Waals surface area (Å²) < 4.78 is 31.4. The lowest BCUT2D eigenvalue weighted by Gasteiger charge is -2.47. The van der Waals surface area contributed by atoms with Gasteiger partial charge in [-0.25, -0.2) is 14.2 Å². The number of amidine groups is 1. The lowest BCUT2D eigenvalue weighted by atomic mass is 9.75. The third-order valence-electron chi connectivity index (χ3n) is 4.90. The highest BCUT2D eigenvalue weighted by atomic mass is 32.2. The number of hydrogen-bond donors (Lipinski definition) is 1. The van der Waals surface area contributed by atoms with Gasteiger partial charge in [-0.2, -0.15) is 0 Å². The predicted octanol–water partition coefficient (Wildman–Crippen LogP) is 3.22. The second-order valence-corrected chi connectivity index (χ2v) is 9.10. The predicted molar refractivity (Wildman–Crippen MR) is 109 cm³/mol. The highest BCUT2D eigenvalue weighted by molar-refractivity contribution is 8.13. The van der Waals surface area contributed by atoms with Crippen LogP contribution >= 0.6 is 11.8 Å². The first-order valence-electron chi connectivity index (χ1n) is 9.33. The van der Waals surface area contributed by atoms with E-state index in [-0.39, 0.29) is 28.9 Å². The van der Waals surface area contributed by atoms with Gasteiger partial charge in [-0.3, -0.25) is 15.4 Å². The molecule has 2 aliphatic rings. The van der Waals surface area contributed by atoms with Gasteiger partial charge in [0.1, 0.15) is 17.0 Å². The summed E-state index contributed by atoms with van der Waals surface area (Å²) in [5, 5.41) is 14.1. The molecule has 164 valence electrons. The minimum Gasteiger partial charge on any atom is -0.444 e. The number of rotatable bonds is 3. The molecule has 3 atom stereocenters. The summed E-state index contributed by atoms with van der Waals surface area (Å²) >= 11 is 1.28. The highest BCUT2D eigenvalue weighted by Gasteiger charge is 2.52. The number of nitro groups is 1. The van der Waals surface area contributed by atoms with Gasteiger partial charge >= 0.3 is 6.09 Å². The van der Waals surface area contributed by atoms with Crippen LogP contribution in [0.5, 0.6) is 0 Å². The van der Waals surface area contributed by atoms with Gasteiger partial charge in [0.05, 0.1) is 24.2 Å². The molecule has 0 bridgehead atoms. The number of aliphatic imine (C=N–C) groups is 1. The van der Waals surface area contributed by atoms with Gasteiger partial charge in [-0.15, -0.1) is 0 Å². The fourth-order valence-corrected chi connectivity index (χ4v) is 4.80. The Balaban J connectivity index is 2.06. The van der Waals surface area contributed by atoms with E-state index in [1.807, 2.05) is 0 Å². The number of methoxy groups -OCH3 is 1. The summed E-state index contributed by atoms with van der Waals surface area (Å²) in [7, 11) is 1.52. The second kappa shape index (κ2) is 8.48. The van der Waals surface area contributed by atoms with Crippen LogP contribution in [-0.4, -0.2) is 54.0 Å². The van der Waals surface area contributed by atoms with Crippen LogP contribution in [0.2, 0.25) is 0 Å². The maximum absolute atomic E-state index is 14.9. The number of carbonyl (C=O) groups is 1. The minimum absolute atomic E-state index is 0.00429. The van der Waals surface area contributed by atoms with Crippen LogP contribution in [-0.2, 0) is 19.7 Å². The van der Waals surface area contributed by atoms with Crippen molar-refractivity contribution < 1.29 is 28.3 Å². The minimum atomic E-state index is -1.29. The molecule has 9 nitrogen and oxygen atoms in total. The number of thioether (sulfide) groups is 1. The van der Waals surface area contributed by atoms with Crippen molar-refractivity contribution in [3.8, 4) is 0 Å². The van der Waals surface area contributed by atoms with Gasteiger partial charge in [0, 0.05) is 36.5 Å². The quantitative estimate of drug-likeness (QED) is 0.566. The van der Waals surface area contributed by atoms with Crippen molar-refractivity contribution in [1.29, 1.82) is 0 Å². The summed E-state index contributed by atoms with van der Waals surface area (Å²) in [4.78, 5) is 27.5. The first-order chi connectivity index (χ1) is 14.1. The molecule has 1 fully saturated rings. The number of nitrogens with one attached hydrogen (secondary N) is 1. The number of carbonyl (C=O) groups excluding carboxylic acids is 1. The number of ether oxygens (including phenoxy) is 3. The summed E-state index contributed by atoms with van der Waals surface area (Å²) in [5.74, 6) is -0.515. The highest BCUT2D eigenvalue weighted by Crippen LogP contribution is 2.47. The van der Waals surface area contributed by atoms with Crippen molar-refractivity contribution >= 4 is 28.7 Å². The van der Waals surface area contributed by atoms with Crippen LogP contribution in [0.25, 0.3) is 0 Å². The first-order valence-corrected chi connectivity index (χ1v) is 10.3. The van der Waals surface area contributed by atoms with Crippen LogP contribution in [0.4, 0.5) is 14.9 Å². The fraction of sp³-hybridized carbons (Fsp3) is 0.579.